The lowest BCUT2D eigenvalue weighted by Crippen LogP contribution is -2.27. The van der Waals surface area contributed by atoms with Crippen LogP contribution in [0.3, 0.4) is 0 Å². The van der Waals surface area contributed by atoms with Crippen molar-refractivity contribution in [3.05, 3.63) is 64.7 Å². The van der Waals surface area contributed by atoms with Crippen molar-refractivity contribution in [3.63, 3.8) is 0 Å². The first-order chi connectivity index (χ1) is 13.1. The molecule has 1 saturated carbocycles. The van der Waals surface area contributed by atoms with Gasteiger partial charge >= 0.3 is 0 Å². The number of benzene rings is 2. The van der Waals surface area contributed by atoms with E-state index in [1.807, 2.05) is 6.07 Å². The van der Waals surface area contributed by atoms with Gasteiger partial charge in [-0.1, -0.05) is 23.7 Å². The highest BCUT2D eigenvalue weighted by molar-refractivity contribution is 6.33. The maximum Gasteiger partial charge on any atom is 0.255 e. The first-order valence-electron chi connectivity index (χ1n) is 8.24. The van der Waals surface area contributed by atoms with Crippen molar-refractivity contribution in [1.82, 2.24) is 25.5 Å². The molecular formula is C18H15ClFN5O2. The van der Waals surface area contributed by atoms with Gasteiger partial charge in [0.2, 0.25) is 0 Å². The number of carbonyl (C=O) groups is 1. The summed E-state index contributed by atoms with van der Waals surface area (Å²) in [5.74, 6) is -0.131. The molecule has 0 unspecified atom stereocenters. The summed E-state index contributed by atoms with van der Waals surface area (Å²) in [7, 11) is 1.47. The van der Waals surface area contributed by atoms with Gasteiger partial charge in [-0.2, -0.15) is 4.68 Å². The molecule has 0 saturated heterocycles. The van der Waals surface area contributed by atoms with Crippen molar-refractivity contribution in [2.45, 2.75) is 18.4 Å². The number of amides is 1. The molecule has 1 fully saturated rings. The van der Waals surface area contributed by atoms with Crippen LogP contribution in [0, 0.1) is 5.82 Å². The Morgan fingerprint density at radius 2 is 2.22 bits per heavy atom. The molecule has 3 aromatic rings. The van der Waals surface area contributed by atoms with E-state index in [0.29, 0.717) is 22.0 Å². The third kappa shape index (κ3) is 3.48. The monoisotopic (exact) mass is 387 g/mol. The lowest BCUT2D eigenvalue weighted by Gasteiger charge is -2.12. The molecule has 7 nitrogen and oxygen atoms in total. The first kappa shape index (κ1) is 17.4. The first-order valence-corrected chi connectivity index (χ1v) is 8.62. The van der Waals surface area contributed by atoms with Crippen molar-refractivity contribution in [3.8, 4) is 11.4 Å². The molecule has 138 valence electrons. The van der Waals surface area contributed by atoms with Gasteiger partial charge in [0.25, 0.3) is 5.91 Å². The van der Waals surface area contributed by atoms with Gasteiger partial charge < -0.3 is 10.1 Å². The van der Waals surface area contributed by atoms with Crippen LogP contribution >= 0.6 is 11.6 Å². The minimum Gasteiger partial charge on any atom is -0.496 e. The molecule has 4 rings (SSSR count). The molecule has 0 bridgehead atoms. The molecular weight excluding hydrogens is 373 g/mol. The van der Waals surface area contributed by atoms with Crippen LogP contribution in [-0.2, 0) is 0 Å². The van der Waals surface area contributed by atoms with Crippen LogP contribution in [0.1, 0.15) is 28.3 Å². The van der Waals surface area contributed by atoms with Crippen LogP contribution in [0.2, 0.25) is 5.02 Å². The largest absolute Gasteiger partial charge is 0.496 e. The summed E-state index contributed by atoms with van der Waals surface area (Å²) >= 11 is 6.29. The summed E-state index contributed by atoms with van der Waals surface area (Å²) < 4.78 is 20.1. The van der Waals surface area contributed by atoms with Crippen molar-refractivity contribution in [2.75, 3.05) is 7.11 Å². The second kappa shape index (κ2) is 6.96. The van der Waals surface area contributed by atoms with E-state index < -0.39 is 0 Å². The molecule has 2 aromatic carbocycles. The number of rotatable bonds is 5. The van der Waals surface area contributed by atoms with Crippen LogP contribution in [0.15, 0.2) is 42.7 Å². The molecule has 2 atom stereocenters. The fraction of sp³-hybridized carbons (Fsp3) is 0.222. The SMILES string of the molecule is COc1cc(-n2cnnn2)c(Cl)cc1C(=O)N[C@H]1C[C@H]1c1cccc(F)c1. The molecule has 1 aliphatic rings. The average molecular weight is 388 g/mol. The molecule has 1 amide bonds. The van der Waals surface area contributed by atoms with Crippen LogP contribution in [0.5, 0.6) is 5.75 Å². The maximum atomic E-state index is 13.4. The zero-order valence-corrected chi connectivity index (χ0v) is 15.0. The van der Waals surface area contributed by atoms with Gasteiger partial charge in [0, 0.05) is 18.0 Å². The molecule has 0 radical (unpaired) electrons. The minimum absolute atomic E-state index is 0.0537. The molecule has 0 aliphatic heterocycles. The van der Waals surface area contributed by atoms with Crippen LogP contribution in [0.4, 0.5) is 4.39 Å². The van der Waals surface area contributed by atoms with E-state index in [2.05, 4.69) is 20.8 Å². The number of methoxy groups -OCH3 is 1. The quantitative estimate of drug-likeness (QED) is 0.728. The van der Waals surface area contributed by atoms with Gasteiger partial charge in [-0.3, -0.25) is 4.79 Å². The fourth-order valence-corrected chi connectivity index (χ4v) is 3.29. The van der Waals surface area contributed by atoms with Gasteiger partial charge in [-0.25, -0.2) is 4.39 Å². The van der Waals surface area contributed by atoms with Crippen molar-refractivity contribution in [1.29, 1.82) is 0 Å². The highest BCUT2D eigenvalue weighted by Crippen LogP contribution is 2.41. The topological polar surface area (TPSA) is 81.9 Å². The van der Waals surface area contributed by atoms with Crippen molar-refractivity contribution in [2.24, 2.45) is 0 Å². The lowest BCUT2D eigenvalue weighted by molar-refractivity contribution is 0.0947. The van der Waals surface area contributed by atoms with E-state index in [9.17, 15) is 9.18 Å². The summed E-state index contributed by atoms with van der Waals surface area (Å²) in [6.45, 7) is 0. The predicted molar refractivity (Wildman–Crippen MR) is 95.7 cm³/mol. The maximum absolute atomic E-state index is 13.4. The molecule has 0 spiro atoms. The zero-order chi connectivity index (χ0) is 19.0. The van der Waals surface area contributed by atoms with E-state index in [-0.39, 0.29) is 23.7 Å². The number of halogens is 2. The minimum atomic E-state index is -0.305. The van der Waals surface area contributed by atoms with E-state index in [4.69, 9.17) is 16.3 Å². The number of aromatic nitrogens is 4. The Labute approximate surface area is 159 Å². The van der Waals surface area contributed by atoms with Crippen LogP contribution in [-0.4, -0.2) is 39.3 Å². The smallest absolute Gasteiger partial charge is 0.255 e. The third-order valence-corrected chi connectivity index (χ3v) is 4.80. The number of nitrogens with one attached hydrogen (secondary N) is 1. The molecule has 1 N–H and O–H groups in total. The Morgan fingerprint density at radius 1 is 1.37 bits per heavy atom. The number of tetrazole rings is 1. The second-order valence-electron chi connectivity index (χ2n) is 6.24. The van der Waals surface area contributed by atoms with Crippen molar-refractivity contribution < 1.29 is 13.9 Å². The normalized spacial score (nSPS) is 18.2. The van der Waals surface area contributed by atoms with E-state index in [1.165, 1.54) is 36.3 Å². The average Bonchev–Trinajstić information content (AvgIpc) is 3.21. The number of carbonyl (C=O) groups excluding carboxylic acids is 1. The third-order valence-electron chi connectivity index (χ3n) is 4.49. The Kier molecular flexibility index (Phi) is 4.49. The van der Waals surface area contributed by atoms with Gasteiger partial charge in [-0.15, -0.1) is 5.10 Å². The van der Waals surface area contributed by atoms with Gasteiger partial charge in [0.05, 0.1) is 23.4 Å². The number of hydrogen-bond donors (Lipinski definition) is 1. The molecule has 9 heteroatoms. The summed E-state index contributed by atoms with van der Waals surface area (Å²) in [5, 5.41) is 14.2. The lowest BCUT2D eigenvalue weighted by atomic mass is 10.1. The van der Waals surface area contributed by atoms with Gasteiger partial charge in [0.15, 0.2) is 0 Å². The van der Waals surface area contributed by atoms with Gasteiger partial charge in [-0.05, 0) is 40.6 Å². The molecule has 1 heterocycles. The van der Waals surface area contributed by atoms with E-state index in [0.717, 1.165) is 12.0 Å². The fourth-order valence-electron chi connectivity index (χ4n) is 3.04. The van der Waals surface area contributed by atoms with Crippen LogP contribution < -0.4 is 10.1 Å². The highest BCUT2D eigenvalue weighted by Gasteiger charge is 2.40. The molecule has 1 aliphatic carbocycles. The van der Waals surface area contributed by atoms with E-state index in [1.54, 1.807) is 12.1 Å². The Hall–Kier alpha value is -3.00. The predicted octanol–water partition coefficient (Wildman–Crippen LogP) is 2.75. The number of nitrogens with zero attached hydrogens (tertiary/aromatic N) is 4. The molecule has 27 heavy (non-hydrogen) atoms. The van der Waals surface area contributed by atoms with E-state index >= 15 is 0 Å². The molecule has 1 aromatic heterocycles. The highest BCUT2D eigenvalue weighted by atomic mass is 35.5. The summed E-state index contributed by atoms with van der Waals surface area (Å²) in [4.78, 5) is 12.7. The summed E-state index contributed by atoms with van der Waals surface area (Å²) in [6, 6.07) is 9.49. The Morgan fingerprint density at radius 3 is 2.93 bits per heavy atom. The Balaban J connectivity index is 1.53. The van der Waals surface area contributed by atoms with Crippen LogP contribution in [0.25, 0.3) is 5.69 Å². The van der Waals surface area contributed by atoms with Crippen molar-refractivity contribution >= 4 is 17.5 Å². The Bertz CT molecular complexity index is 995. The number of ether oxygens (including phenoxy) is 1. The second-order valence-corrected chi connectivity index (χ2v) is 6.64. The zero-order valence-electron chi connectivity index (χ0n) is 14.3. The van der Waals surface area contributed by atoms with Gasteiger partial charge in [0.1, 0.15) is 17.9 Å². The summed E-state index contributed by atoms with van der Waals surface area (Å²) in [6.07, 6.45) is 2.15. The summed E-state index contributed by atoms with van der Waals surface area (Å²) in [5.41, 5.74) is 1.68. The number of hydrogen-bond acceptors (Lipinski definition) is 5. The standard InChI is InChI=1S/C18H15ClFN5O2/c1-27-17-8-16(25-9-21-23-24-25)14(19)6-13(17)18(26)22-15-7-12(15)10-3-2-4-11(20)5-10/h2-6,8-9,12,15H,7H2,1H3,(H,22,26)/t12-,15-/m0/s1.